The van der Waals surface area contributed by atoms with Gasteiger partial charge in [0.15, 0.2) is 0 Å². The van der Waals surface area contributed by atoms with Crippen molar-refractivity contribution < 1.29 is 4.52 Å². The van der Waals surface area contributed by atoms with Gasteiger partial charge in [-0.25, -0.2) is 0 Å². The molecule has 1 aliphatic heterocycles. The van der Waals surface area contributed by atoms with Crippen LogP contribution in [0.4, 0.5) is 11.6 Å². The topological polar surface area (TPSA) is 54.2 Å². The molecule has 0 aliphatic carbocycles. The first kappa shape index (κ1) is 10.1. The molecule has 17 heavy (non-hydrogen) atoms. The van der Waals surface area contributed by atoms with Crippen LogP contribution in [0.3, 0.4) is 0 Å². The molecule has 1 N–H and O–H groups in total. The monoisotopic (exact) mass is 230 g/mol. The van der Waals surface area contributed by atoms with Crippen LogP contribution in [-0.2, 0) is 0 Å². The maximum absolute atomic E-state index is 5.32. The van der Waals surface area contributed by atoms with Gasteiger partial charge in [-0.2, -0.15) is 4.98 Å². The van der Waals surface area contributed by atoms with E-state index in [9.17, 15) is 0 Å². The summed E-state index contributed by atoms with van der Waals surface area (Å²) in [5.74, 6) is 1.45. The lowest BCUT2D eigenvalue weighted by Gasteiger charge is -2.04. The van der Waals surface area contributed by atoms with Crippen molar-refractivity contribution in [3.63, 3.8) is 0 Å². The number of benzene rings is 1. The van der Waals surface area contributed by atoms with E-state index in [1.165, 1.54) is 5.56 Å². The van der Waals surface area contributed by atoms with E-state index < -0.39 is 0 Å². The highest BCUT2D eigenvalue weighted by Crippen LogP contribution is 2.35. The first-order valence-electron chi connectivity index (χ1n) is 5.59. The molecule has 2 heterocycles. The van der Waals surface area contributed by atoms with Crippen LogP contribution in [0.1, 0.15) is 17.4 Å². The van der Waals surface area contributed by atoms with Gasteiger partial charge in [0, 0.05) is 26.3 Å². The van der Waals surface area contributed by atoms with Crippen molar-refractivity contribution in [2.24, 2.45) is 0 Å². The zero-order chi connectivity index (χ0) is 11.8. The number of nitrogens with one attached hydrogen (secondary N) is 1. The Morgan fingerprint density at radius 2 is 2.18 bits per heavy atom. The predicted octanol–water partition coefficient (Wildman–Crippen LogP) is 1.69. The Hall–Kier alpha value is -2.04. The van der Waals surface area contributed by atoms with E-state index in [2.05, 4.69) is 27.6 Å². The summed E-state index contributed by atoms with van der Waals surface area (Å²) in [5.41, 5.74) is 2.38. The van der Waals surface area contributed by atoms with E-state index in [1.807, 2.05) is 31.1 Å². The van der Waals surface area contributed by atoms with Crippen LogP contribution in [0, 0.1) is 0 Å². The molecular formula is C12H14N4O. The van der Waals surface area contributed by atoms with Crippen LogP contribution in [-0.4, -0.2) is 30.8 Å². The minimum atomic E-state index is 0.160. The van der Waals surface area contributed by atoms with E-state index in [0.717, 1.165) is 12.2 Å². The lowest BCUT2D eigenvalue weighted by molar-refractivity contribution is 0.370. The molecule has 0 spiro atoms. The van der Waals surface area contributed by atoms with Crippen molar-refractivity contribution in [2.45, 2.75) is 5.92 Å². The molecule has 88 valence electrons. The van der Waals surface area contributed by atoms with E-state index in [-0.39, 0.29) is 5.92 Å². The largest absolute Gasteiger partial charge is 0.384 e. The molecular weight excluding hydrogens is 216 g/mol. The fraction of sp³-hybridized carbons (Fsp3) is 0.333. The highest BCUT2D eigenvalue weighted by Gasteiger charge is 2.28. The molecule has 1 aromatic carbocycles. The van der Waals surface area contributed by atoms with Gasteiger partial charge >= 0.3 is 0 Å². The number of hydrogen-bond donors (Lipinski definition) is 1. The molecule has 5 nitrogen and oxygen atoms in total. The molecule has 3 rings (SSSR count). The molecule has 1 aliphatic rings. The Balaban J connectivity index is 1.95. The normalized spacial score (nSPS) is 17.6. The second-order valence-corrected chi connectivity index (χ2v) is 4.35. The highest BCUT2D eigenvalue weighted by atomic mass is 16.5. The highest BCUT2D eigenvalue weighted by molar-refractivity contribution is 5.59. The first-order chi connectivity index (χ1) is 8.25. The third-order valence-corrected chi connectivity index (χ3v) is 2.96. The third-order valence-electron chi connectivity index (χ3n) is 2.96. The number of para-hydroxylation sites is 1. The Kier molecular flexibility index (Phi) is 2.24. The summed E-state index contributed by atoms with van der Waals surface area (Å²) in [5, 5.41) is 7.29. The van der Waals surface area contributed by atoms with E-state index >= 15 is 0 Å². The quantitative estimate of drug-likeness (QED) is 0.850. The van der Waals surface area contributed by atoms with Gasteiger partial charge in [-0.1, -0.05) is 18.2 Å². The summed E-state index contributed by atoms with van der Waals surface area (Å²) in [6.45, 7) is 0.814. The van der Waals surface area contributed by atoms with Gasteiger partial charge in [0.25, 0.3) is 5.95 Å². The maximum Gasteiger partial charge on any atom is 0.265 e. The van der Waals surface area contributed by atoms with Crippen molar-refractivity contribution in [3.8, 4) is 0 Å². The number of hydrogen-bond acceptors (Lipinski definition) is 5. The molecule has 0 fully saturated rings. The van der Waals surface area contributed by atoms with Crippen molar-refractivity contribution in [2.75, 3.05) is 30.9 Å². The van der Waals surface area contributed by atoms with Gasteiger partial charge in [0.1, 0.15) is 0 Å². The van der Waals surface area contributed by atoms with E-state index in [0.29, 0.717) is 11.8 Å². The lowest BCUT2D eigenvalue weighted by atomic mass is 10.0. The molecule has 1 atom stereocenters. The number of fused-ring (bicyclic) bond motifs is 1. The Morgan fingerprint density at radius 3 is 2.94 bits per heavy atom. The van der Waals surface area contributed by atoms with Gasteiger partial charge in [-0.3, -0.25) is 0 Å². The summed E-state index contributed by atoms with van der Waals surface area (Å²) in [6.07, 6.45) is 0. The molecule has 1 aromatic heterocycles. The van der Waals surface area contributed by atoms with Crippen molar-refractivity contribution in [1.82, 2.24) is 10.1 Å². The zero-order valence-corrected chi connectivity index (χ0v) is 9.84. The molecule has 0 amide bonds. The number of nitrogens with zero attached hydrogens (tertiary/aromatic N) is 3. The van der Waals surface area contributed by atoms with Crippen molar-refractivity contribution in [1.29, 1.82) is 0 Å². The number of rotatable bonds is 2. The molecule has 0 bridgehead atoms. The number of anilines is 2. The Morgan fingerprint density at radius 1 is 1.35 bits per heavy atom. The second-order valence-electron chi connectivity index (χ2n) is 4.35. The molecule has 1 unspecified atom stereocenters. The molecule has 2 aromatic rings. The summed E-state index contributed by atoms with van der Waals surface area (Å²) in [4.78, 5) is 6.23. The van der Waals surface area contributed by atoms with Crippen LogP contribution < -0.4 is 10.2 Å². The van der Waals surface area contributed by atoms with Gasteiger partial charge in [-0.15, -0.1) is 0 Å². The van der Waals surface area contributed by atoms with Crippen molar-refractivity contribution >= 4 is 11.6 Å². The smallest absolute Gasteiger partial charge is 0.265 e. The van der Waals surface area contributed by atoms with Crippen LogP contribution in [0.2, 0.25) is 0 Å². The minimum absolute atomic E-state index is 0.160. The molecule has 0 radical (unpaired) electrons. The SMILES string of the molecule is CN(C)c1noc(C2CNc3ccccc32)n1. The average molecular weight is 230 g/mol. The predicted molar refractivity (Wildman–Crippen MR) is 65.4 cm³/mol. The summed E-state index contributed by atoms with van der Waals surface area (Å²) in [6, 6.07) is 8.22. The number of aromatic nitrogens is 2. The van der Waals surface area contributed by atoms with Crippen LogP contribution in [0.5, 0.6) is 0 Å². The molecule has 5 heteroatoms. The standard InChI is InChI=1S/C12H14N4O/c1-16(2)12-14-11(17-15-12)9-7-13-10-6-4-3-5-8(9)10/h3-6,9,13H,7H2,1-2H3. The minimum Gasteiger partial charge on any atom is -0.384 e. The van der Waals surface area contributed by atoms with Crippen molar-refractivity contribution in [3.05, 3.63) is 35.7 Å². The third kappa shape index (κ3) is 1.63. The second kappa shape index (κ2) is 3.76. The molecule has 0 saturated carbocycles. The fourth-order valence-corrected chi connectivity index (χ4v) is 2.05. The summed E-state index contributed by atoms with van der Waals surface area (Å²) >= 11 is 0. The Labute approximate surface area is 99.4 Å². The fourth-order valence-electron chi connectivity index (χ4n) is 2.05. The lowest BCUT2D eigenvalue weighted by Crippen LogP contribution is -2.11. The Bertz CT molecular complexity index is 535. The van der Waals surface area contributed by atoms with Crippen LogP contribution >= 0.6 is 0 Å². The summed E-state index contributed by atoms with van der Waals surface area (Å²) in [7, 11) is 3.80. The maximum atomic E-state index is 5.32. The van der Waals surface area contributed by atoms with Gasteiger partial charge in [0.05, 0.1) is 5.92 Å². The van der Waals surface area contributed by atoms with Crippen LogP contribution in [0.25, 0.3) is 0 Å². The van der Waals surface area contributed by atoms with E-state index in [1.54, 1.807) is 0 Å². The van der Waals surface area contributed by atoms with E-state index in [4.69, 9.17) is 4.52 Å². The molecule has 0 saturated heterocycles. The summed E-state index contributed by atoms with van der Waals surface area (Å²) < 4.78 is 5.32. The van der Waals surface area contributed by atoms with Gasteiger partial charge < -0.3 is 14.7 Å². The van der Waals surface area contributed by atoms with Gasteiger partial charge in [-0.05, 0) is 16.8 Å². The first-order valence-corrected chi connectivity index (χ1v) is 5.59. The van der Waals surface area contributed by atoms with Crippen LogP contribution in [0.15, 0.2) is 28.8 Å². The average Bonchev–Trinajstić information content (AvgIpc) is 2.95. The van der Waals surface area contributed by atoms with Gasteiger partial charge in [0.2, 0.25) is 5.89 Å². The zero-order valence-electron chi connectivity index (χ0n) is 9.84.